The van der Waals surface area contributed by atoms with Gasteiger partial charge >= 0.3 is 0 Å². The number of nitro groups is 1. The molecule has 0 spiro atoms. The summed E-state index contributed by atoms with van der Waals surface area (Å²) in [6.45, 7) is 0. The second-order valence-corrected chi connectivity index (χ2v) is 2.40. The monoisotopic (exact) mass is 181 g/mol. The highest BCUT2D eigenvalue weighted by molar-refractivity contribution is 5.77. The van der Waals surface area contributed by atoms with E-state index in [1.807, 2.05) is 0 Å². The smallest absolute Gasteiger partial charge is 0.291 e. The van der Waals surface area contributed by atoms with Crippen LogP contribution in [0.1, 0.15) is 5.56 Å². The van der Waals surface area contributed by atoms with Gasteiger partial charge in [0, 0.05) is 11.8 Å². The first-order valence-corrected chi connectivity index (χ1v) is 3.47. The highest BCUT2D eigenvalue weighted by Gasteiger charge is 2.14. The summed E-state index contributed by atoms with van der Waals surface area (Å²) in [5.74, 6) is -0.602. The van der Waals surface area contributed by atoms with E-state index in [2.05, 4.69) is 4.98 Å². The predicted octanol–water partition coefficient (Wildman–Crippen LogP) is 0.0176. The Kier molecular flexibility index (Phi) is 2.53. The molecular formula is C7H7N3O3. The van der Waals surface area contributed by atoms with E-state index in [4.69, 9.17) is 5.73 Å². The number of nitrogens with two attached hydrogens (primary N) is 1. The minimum absolute atomic E-state index is 0.140. The van der Waals surface area contributed by atoms with Crippen molar-refractivity contribution in [3.8, 4) is 0 Å². The van der Waals surface area contributed by atoms with Crippen molar-refractivity contribution in [2.75, 3.05) is 0 Å². The fourth-order valence-electron chi connectivity index (χ4n) is 0.917. The zero-order valence-corrected chi connectivity index (χ0v) is 6.64. The van der Waals surface area contributed by atoms with Crippen LogP contribution in [0.3, 0.4) is 0 Å². The van der Waals surface area contributed by atoms with Crippen LogP contribution in [0.5, 0.6) is 0 Å². The third kappa shape index (κ3) is 2.22. The molecule has 1 amide bonds. The number of hydrogen-bond donors (Lipinski definition) is 1. The quantitative estimate of drug-likeness (QED) is 0.524. The molecular weight excluding hydrogens is 174 g/mol. The number of pyridine rings is 1. The molecule has 0 fully saturated rings. The van der Waals surface area contributed by atoms with Crippen LogP contribution in [0.4, 0.5) is 5.69 Å². The van der Waals surface area contributed by atoms with Gasteiger partial charge in [-0.15, -0.1) is 0 Å². The van der Waals surface area contributed by atoms with Gasteiger partial charge in [-0.3, -0.25) is 19.9 Å². The van der Waals surface area contributed by atoms with Crippen LogP contribution in [0.25, 0.3) is 0 Å². The average molecular weight is 181 g/mol. The van der Waals surface area contributed by atoms with E-state index < -0.39 is 10.8 Å². The van der Waals surface area contributed by atoms with Crippen LogP contribution in [-0.2, 0) is 11.2 Å². The molecule has 68 valence electrons. The predicted molar refractivity (Wildman–Crippen MR) is 43.8 cm³/mol. The maximum absolute atomic E-state index is 10.5. The molecule has 0 unspecified atom stereocenters. The van der Waals surface area contributed by atoms with Crippen LogP contribution in [0, 0.1) is 10.1 Å². The van der Waals surface area contributed by atoms with Crippen molar-refractivity contribution in [2.45, 2.75) is 6.42 Å². The minimum atomic E-state index is -0.602. The minimum Gasteiger partial charge on any atom is -0.369 e. The zero-order chi connectivity index (χ0) is 9.84. The number of carbonyl (C=O) groups excluding carboxylic acids is 1. The molecule has 1 rings (SSSR count). The largest absolute Gasteiger partial charge is 0.369 e. The highest BCUT2D eigenvalue weighted by atomic mass is 16.6. The number of aromatic nitrogens is 1. The van der Waals surface area contributed by atoms with Crippen LogP contribution in [0.2, 0.25) is 0 Å². The van der Waals surface area contributed by atoms with E-state index in [0.29, 0.717) is 0 Å². The Morgan fingerprint density at radius 2 is 2.38 bits per heavy atom. The van der Waals surface area contributed by atoms with E-state index in [-0.39, 0.29) is 17.7 Å². The molecule has 6 nitrogen and oxygen atoms in total. The molecule has 0 saturated carbocycles. The molecule has 0 aliphatic heterocycles. The molecule has 0 aromatic carbocycles. The third-order valence-corrected chi connectivity index (χ3v) is 1.45. The second kappa shape index (κ2) is 3.61. The summed E-state index contributed by atoms with van der Waals surface area (Å²) < 4.78 is 0. The van der Waals surface area contributed by atoms with Crippen molar-refractivity contribution in [3.05, 3.63) is 34.1 Å². The Bertz CT molecular complexity index is 351. The normalized spacial score (nSPS) is 9.54. The van der Waals surface area contributed by atoms with Crippen molar-refractivity contribution >= 4 is 11.6 Å². The molecule has 2 N–H and O–H groups in total. The number of primary amides is 1. The molecule has 0 aliphatic carbocycles. The fourth-order valence-corrected chi connectivity index (χ4v) is 0.917. The van der Waals surface area contributed by atoms with Crippen LogP contribution in [0.15, 0.2) is 18.5 Å². The van der Waals surface area contributed by atoms with Gasteiger partial charge in [0.05, 0.1) is 11.3 Å². The van der Waals surface area contributed by atoms with Gasteiger partial charge in [-0.05, 0) is 6.07 Å². The molecule has 1 aromatic heterocycles. The van der Waals surface area contributed by atoms with Gasteiger partial charge in [0.2, 0.25) is 5.91 Å². The van der Waals surface area contributed by atoms with E-state index in [0.717, 1.165) is 6.20 Å². The van der Waals surface area contributed by atoms with Crippen molar-refractivity contribution < 1.29 is 9.72 Å². The molecule has 0 radical (unpaired) electrons. The van der Waals surface area contributed by atoms with Crippen LogP contribution < -0.4 is 5.73 Å². The molecule has 6 heteroatoms. The maximum Gasteiger partial charge on any atom is 0.291 e. The molecule has 0 aliphatic rings. The zero-order valence-electron chi connectivity index (χ0n) is 6.64. The van der Waals surface area contributed by atoms with Crippen molar-refractivity contribution in [1.82, 2.24) is 4.98 Å². The maximum atomic E-state index is 10.5. The van der Waals surface area contributed by atoms with Gasteiger partial charge in [-0.2, -0.15) is 0 Å². The topological polar surface area (TPSA) is 99.1 Å². The average Bonchev–Trinajstić information content (AvgIpc) is 2.03. The Labute approximate surface area is 73.5 Å². The number of rotatable bonds is 3. The lowest BCUT2D eigenvalue weighted by Crippen LogP contribution is -2.14. The lowest BCUT2D eigenvalue weighted by Gasteiger charge is -1.97. The van der Waals surface area contributed by atoms with Gasteiger partial charge in [-0.25, -0.2) is 0 Å². The number of hydrogen-bond acceptors (Lipinski definition) is 4. The van der Waals surface area contributed by atoms with Crippen molar-refractivity contribution in [1.29, 1.82) is 0 Å². The summed E-state index contributed by atoms with van der Waals surface area (Å²) in [5.41, 5.74) is 5.02. The summed E-state index contributed by atoms with van der Waals surface area (Å²) in [4.78, 5) is 23.9. The Hall–Kier alpha value is -1.98. The van der Waals surface area contributed by atoms with Crippen molar-refractivity contribution in [3.63, 3.8) is 0 Å². The van der Waals surface area contributed by atoms with E-state index in [1.54, 1.807) is 0 Å². The van der Waals surface area contributed by atoms with Gasteiger partial charge in [0.15, 0.2) is 0 Å². The Morgan fingerprint density at radius 1 is 1.69 bits per heavy atom. The van der Waals surface area contributed by atoms with E-state index >= 15 is 0 Å². The summed E-state index contributed by atoms with van der Waals surface area (Å²) in [7, 11) is 0. The summed E-state index contributed by atoms with van der Waals surface area (Å²) >= 11 is 0. The molecule has 1 heterocycles. The molecule has 1 aromatic rings. The number of nitrogens with zero attached hydrogens (tertiary/aromatic N) is 2. The summed E-state index contributed by atoms with van der Waals surface area (Å²) in [6, 6.07) is 1.41. The highest BCUT2D eigenvalue weighted by Crippen LogP contribution is 2.15. The lowest BCUT2D eigenvalue weighted by atomic mass is 10.1. The van der Waals surface area contributed by atoms with Gasteiger partial charge in [0.1, 0.15) is 6.20 Å². The van der Waals surface area contributed by atoms with E-state index in [1.165, 1.54) is 12.3 Å². The second-order valence-electron chi connectivity index (χ2n) is 2.40. The van der Waals surface area contributed by atoms with Crippen LogP contribution >= 0.6 is 0 Å². The fraction of sp³-hybridized carbons (Fsp3) is 0.143. The molecule has 0 atom stereocenters. The SMILES string of the molecule is NC(=O)Cc1ccncc1[N+](=O)[O-]. The third-order valence-electron chi connectivity index (χ3n) is 1.45. The lowest BCUT2D eigenvalue weighted by molar-refractivity contribution is -0.385. The van der Waals surface area contributed by atoms with Gasteiger partial charge in [-0.1, -0.05) is 0 Å². The van der Waals surface area contributed by atoms with Crippen molar-refractivity contribution in [2.24, 2.45) is 5.73 Å². The summed E-state index contributed by atoms with van der Waals surface area (Å²) in [5, 5.41) is 10.4. The molecule has 0 bridgehead atoms. The first kappa shape index (κ1) is 9.11. The molecule has 13 heavy (non-hydrogen) atoms. The summed E-state index contributed by atoms with van der Waals surface area (Å²) in [6.07, 6.45) is 2.34. The van der Waals surface area contributed by atoms with Crippen LogP contribution in [-0.4, -0.2) is 15.8 Å². The van der Waals surface area contributed by atoms with Gasteiger partial charge < -0.3 is 5.73 Å². The first-order chi connectivity index (χ1) is 6.11. The standard InChI is InChI=1S/C7H7N3O3/c8-7(11)3-5-1-2-9-4-6(5)10(12)13/h1-2,4H,3H2,(H2,8,11). The number of carbonyl (C=O) groups is 1. The Morgan fingerprint density at radius 3 is 2.92 bits per heavy atom. The first-order valence-electron chi connectivity index (χ1n) is 3.47. The molecule has 0 saturated heterocycles. The number of amides is 1. The Balaban J connectivity index is 3.04. The van der Waals surface area contributed by atoms with E-state index in [9.17, 15) is 14.9 Å². The van der Waals surface area contributed by atoms with Gasteiger partial charge in [0.25, 0.3) is 5.69 Å².